The number of benzene rings is 1. The normalized spacial score (nSPS) is 11.3. The Kier molecular flexibility index (Phi) is 4.15. The fourth-order valence-corrected chi connectivity index (χ4v) is 1.49. The Bertz CT molecular complexity index is 526. The van der Waals surface area contributed by atoms with Gasteiger partial charge in [-0.3, -0.25) is 0 Å². The van der Waals surface area contributed by atoms with Crippen molar-refractivity contribution in [1.29, 1.82) is 0 Å². The van der Waals surface area contributed by atoms with Crippen molar-refractivity contribution in [3.63, 3.8) is 0 Å². The predicted molar refractivity (Wildman–Crippen MR) is 70.0 cm³/mol. The van der Waals surface area contributed by atoms with E-state index in [0.717, 1.165) is 11.1 Å². The molecule has 1 aromatic carbocycles. The molecule has 0 atom stereocenters. The van der Waals surface area contributed by atoms with E-state index in [1.165, 1.54) is 0 Å². The molecule has 0 amide bonds. The fourth-order valence-electron chi connectivity index (χ4n) is 1.37. The van der Waals surface area contributed by atoms with Crippen LogP contribution in [0.15, 0.2) is 53.9 Å². The molecule has 3 N–H and O–H groups in total. The summed E-state index contributed by atoms with van der Waals surface area (Å²) in [5.41, 5.74) is 7.57. The molecular weight excluding hydrogens is 250 g/mol. The van der Waals surface area contributed by atoms with Crippen molar-refractivity contribution < 1.29 is 9.82 Å². The highest BCUT2D eigenvalue weighted by Crippen LogP contribution is 2.10. The van der Waals surface area contributed by atoms with Crippen LogP contribution in [0.3, 0.4) is 0 Å². The van der Waals surface area contributed by atoms with Crippen LogP contribution in [0, 0.1) is 0 Å². The molecule has 0 aliphatic rings. The molecule has 0 radical (unpaired) electrons. The van der Waals surface area contributed by atoms with Gasteiger partial charge >= 0.3 is 0 Å². The average molecular weight is 263 g/mol. The van der Waals surface area contributed by atoms with Crippen LogP contribution in [-0.4, -0.2) is 5.84 Å². The quantitative estimate of drug-likeness (QED) is 0.520. The number of halogens is 1. The van der Waals surface area contributed by atoms with E-state index in [2.05, 4.69) is 10.1 Å². The van der Waals surface area contributed by atoms with Crippen LogP contribution >= 0.6 is 11.6 Å². The summed E-state index contributed by atoms with van der Waals surface area (Å²) in [5.74, 6) is 0.345. The number of amidine groups is 1. The third-order valence-corrected chi connectivity index (χ3v) is 2.57. The lowest BCUT2D eigenvalue weighted by Gasteiger charge is -2.02. The number of nitrogens with one attached hydrogen (secondary N) is 1. The van der Waals surface area contributed by atoms with Gasteiger partial charge in [-0.05, 0) is 17.7 Å². The number of hydrogen-bond acceptors (Lipinski definition) is 2. The molecule has 2 aromatic rings. The van der Waals surface area contributed by atoms with Crippen molar-refractivity contribution in [2.75, 3.05) is 0 Å². The van der Waals surface area contributed by atoms with Crippen molar-refractivity contribution in [2.45, 2.75) is 6.61 Å². The highest BCUT2D eigenvalue weighted by Gasteiger charge is 1.99. The number of oxime groups is 1. The summed E-state index contributed by atoms with van der Waals surface area (Å²) >= 11 is 5.78. The summed E-state index contributed by atoms with van der Waals surface area (Å²) in [6.45, 7) is 0.358. The van der Waals surface area contributed by atoms with Gasteiger partial charge in [0.05, 0.1) is 0 Å². The topological polar surface area (TPSA) is 61.8 Å². The third-order valence-electron chi connectivity index (χ3n) is 2.32. The van der Waals surface area contributed by atoms with Crippen LogP contribution in [0.2, 0.25) is 5.02 Å². The van der Waals surface area contributed by atoms with E-state index < -0.39 is 0 Å². The number of nitrogens with zero attached hydrogens (tertiary/aromatic N) is 1. The molecule has 5 heteroatoms. The summed E-state index contributed by atoms with van der Waals surface area (Å²) in [4.78, 5) is 8.10. The molecule has 1 aromatic heterocycles. The van der Waals surface area contributed by atoms with Crippen molar-refractivity contribution in [3.8, 4) is 0 Å². The van der Waals surface area contributed by atoms with Gasteiger partial charge in [0.2, 0.25) is 0 Å². The van der Waals surface area contributed by atoms with E-state index in [1.807, 2.05) is 24.3 Å². The van der Waals surface area contributed by atoms with E-state index in [4.69, 9.17) is 22.2 Å². The van der Waals surface area contributed by atoms with E-state index in [1.54, 1.807) is 24.5 Å². The second kappa shape index (κ2) is 6.02. The molecule has 1 heterocycles. The lowest BCUT2D eigenvalue weighted by molar-refractivity contribution is -0.378. The smallest absolute Gasteiger partial charge is 0.170 e. The summed E-state index contributed by atoms with van der Waals surface area (Å²) in [6, 6.07) is 11.0. The standard InChI is InChI=1S/C13H12ClN3O/c14-12-3-1-10(2-4-12)9-18-17-13(15)11-5-7-16-8-6-11/h1-8H,9H2,(H2,15,17)/p+1. The van der Waals surface area contributed by atoms with Crippen LogP contribution in [0.1, 0.15) is 11.1 Å². The first-order chi connectivity index (χ1) is 8.75. The van der Waals surface area contributed by atoms with Crippen molar-refractivity contribution in [1.82, 2.24) is 0 Å². The Hall–Kier alpha value is -2.07. The number of hydrogen-bond donors (Lipinski definition) is 1. The largest absolute Gasteiger partial charge is 0.389 e. The molecule has 2 rings (SSSR count). The first-order valence-electron chi connectivity index (χ1n) is 5.42. The van der Waals surface area contributed by atoms with Gasteiger partial charge in [-0.2, -0.15) is 0 Å². The molecule has 0 aliphatic heterocycles. The molecule has 0 saturated heterocycles. The average Bonchev–Trinajstić information content (AvgIpc) is 2.42. The molecule has 4 nitrogen and oxygen atoms in total. The maximum Gasteiger partial charge on any atom is 0.170 e. The van der Waals surface area contributed by atoms with Crippen LogP contribution in [-0.2, 0) is 11.4 Å². The Morgan fingerprint density at radius 2 is 1.83 bits per heavy atom. The minimum atomic E-state index is 0.345. The first kappa shape index (κ1) is 12.4. The van der Waals surface area contributed by atoms with Gasteiger partial charge < -0.3 is 10.6 Å². The Morgan fingerprint density at radius 3 is 2.50 bits per heavy atom. The van der Waals surface area contributed by atoms with Gasteiger partial charge in [0.1, 0.15) is 6.61 Å². The lowest BCUT2D eigenvalue weighted by atomic mass is 10.2. The lowest BCUT2D eigenvalue weighted by Crippen LogP contribution is -2.15. The van der Waals surface area contributed by atoms with Gasteiger partial charge in [0.15, 0.2) is 18.2 Å². The fraction of sp³-hybridized carbons (Fsp3) is 0.0769. The number of nitrogens with two attached hydrogens (primary N) is 1. The second-order valence-corrected chi connectivity index (χ2v) is 4.10. The number of H-pyrrole nitrogens is 1. The Labute approximate surface area is 110 Å². The van der Waals surface area contributed by atoms with Crippen LogP contribution < -0.4 is 10.7 Å². The molecule has 0 spiro atoms. The van der Waals surface area contributed by atoms with Crippen molar-refractivity contribution >= 4 is 17.4 Å². The number of aromatic amines is 1. The highest BCUT2D eigenvalue weighted by atomic mass is 35.5. The Morgan fingerprint density at radius 1 is 1.17 bits per heavy atom. The van der Waals surface area contributed by atoms with E-state index >= 15 is 0 Å². The molecule has 0 fully saturated rings. The van der Waals surface area contributed by atoms with Crippen LogP contribution in [0.25, 0.3) is 0 Å². The van der Waals surface area contributed by atoms with Crippen molar-refractivity contribution in [2.24, 2.45) is 10.9 Å². The number of pyridine rings is 1. The molecule has 0 bridgehead atoms. The highest BCUT2D eigenvalue weighted by molar-refractivity contribution is 6.30. The summed E-state index contributed by atoms with van der Waals surface area (Å²) in [6.07, 6.45) is 3.55. The van der Waals surface area contributed by atoms with E-state index in [9.17, 15) is 0 Å². The SMILES string of the molecule is NC(=NOCc1ccc(Cl)cc1)c1cc[nH+]cc1. The maximum atomic E-state index is 5.78. The van der Waals surface area contributed by atoms with Gasteiger partial charge in [-0.1, -0.05) is 28.9 Å². The Balaban J connectivity index is 1.93. The summed E-state index contributed by atoms with van der Waals surface area (Å²) in [7, 11) is 0. The maximum absolute atomic E-state index is 5.78. The van der Waals surface area contributed by atoms with Crippen LogP contribution in [0.4, 0.5) is 0 Å². The van der Waals surface area contributed by atoms with Gasteiger partial charge in [0.25, 0.3) is 0 Å². The monoisotopic (exact) mass is 262 g/mol. The summed E-state index contributed by atoms with van der Waals surface area (Å²) in [5, 5.41) is 4.56. The zero-order valence-corrected chi connectivity index (χ0v) is 10.4. The summed E-state index contributed by atoms with van der Waals surface area (Å²) < 4.78 is 0. The zero-order chi connectivity index (χ0) is 12.8. The van der Waals surface area contributed by atoms with E-state index in [-0.39, 0.29) is 0 Å². The number of aromatic nitrogens is 1. The first-order valence-corrected chi connectivity index (χ1v) is 5.80. The van der Waals surface area contributed by atoms with E-state index in [0.29, 0.717) is 17.5 Å². The molecular formula is C13H13ClN3O+. The molecule has 92 valence electrons. The van der Waals surface area contributed by atoms with Crippen molar-refractivity contribution in [3.05, 3.63) is 64.9 Å². The molecule has 0 aliphatic carbocycles. The van der Waals surface area contributed by atoms with Gasteiger partial charge in [-0.15, -0.1) is 0 Å². The minimum Gasteiger partial charge on any atom is -0.389 e. The number of rotatable bonds is 4. The van der Waals surface area contributed by atoms with Gasteiger partial charge in [0, 0.05) is 22.7 Å². The second-order valence-electron chi connectivity index (χ2n) is 3.67. The molecule has 18 heavy (non-hydrogen) atoms. The third kappa shape index (κ3) is 3.46. The van der Waals surface area contributed by atoms with Crippen LogP contribution in [0.5, 0.6) is 0 Å². The molecule has 0 unspecified atom stereocenters. The predicted octanol–water partition coefficient (Wildman–Crippen LogP) is 1.99. The molecule has 0 saturated carbocycles. The minimum absolute atomic E-state index is 0.345. The van der Waals surface area contributed by atoms with Gasteiger partial charge in [-0.25, -0.2) is 4.98 Å². The zero-order valence-electron chi connectivity index (χ0n) is 9.64.